The monoisotopic (exact) mass is 161 g/mol. The van der Waals surface area contributed by atoms with Gasteiger partial charge in [-0.2, -0.15) is 0 Å². The summed E-state index contributed by atoms with van der Waals surface area (Å²) < 4.78 is 4.50. The summed E-state index contributed by atoms with van der Waals surface area (Å²) in [5.74, 6) is 0. The van der Waals surface area contributed by atoms with Crippen molar-refractivity contribution in [1.29, 1.82) is 0 Å². The Kier molecular flexibility index (Phi) is 2.79. The van der Waals surface area contributed by atoms with Crippen molar-refractivity contribution >= 4 is 6.09 Å². The normalized spacial score (nSPS) is 10.5. The highest BCUT2D eigenvalue weighted by molar-refractivity contribution is 5.79. The first-order valence-electron chi connectivity index (χ1n) is 2.90. The van der Waals surface area contributed by atoms with E-state index in [2.05, 4.69) is 10.2 Å². The van der Waals surface area contributed by atoms with Gasteiger partial charge in [-0.15, -0.1) is 0 Å². The molecule has 11 heavy (non-hydrogen) atoms. The number of hydrogen-bond acceptors (Lipinski definition) is 4. The third-order valence-corrected chi connectivity index (χ3v) is 0.557. The van der Waals surface area contributed by atoms with E-state index in [1.807, 2.05) is 0 Å². The highest BCUT2D eigenvalue weighted by Crippen LogP contribution is 2.09. The van der Waals surface area contributed by atoms with Crippen molar-refractivity contribution < 1.29 is 14.6 Å². The van der Waals surface area contributed by atoms with E-state index in [9.17, 15) is 14.9 Å². The maximum absolute atomic E-state index is 10.4. The number of rotatable bonds is 1. The molecule has 0 fully saturated rings. The Bertz CT molecular complexity index is 172. The minimum atomic E-state index is -1.18. The molecule has 1 amide bonds. The van der Waals surface area contributed by atoms with Gasteiger partial charge < -0.3 is 4.74 Å². The molecular formula is C5H9N2O4-. The lowest BCUT2D eigenvalue weighted by molar-refractivity contribution is -0.420. The van der Waals surface area contributed by atoms with Gasteiger partial charge in [-0.25, -0.2) is 0 Å². The van der Waals surface area contributed by atoms with Crippen molar-refractivity contribution in [3.05, 3.63) is 15.5 Å². The van der Waals surface area contributed by atoms with Crippen molar-refractivity contribution in [2.45, 2.75) is 26.4 Å². The van der Waals surface area contributed by atoms with Crippen molar-refractivity contribution in [3.8, 4) is 0 Å². The molecule has 0 aromatic carbocycles. The SMILES string of the molecule is CC(C)(C)OC(=O)[N-][N+](=O)[O-]. The lowest BCUT2D eigenvalue weighted by atomic mass is 10.2. The van der Waals surface area contributed by atoms with Gasteiger partial charge in [0, 0.05) is 0 Å². The number of nitrogens with zero attached hydrogens (tertiary/aromatic N) is 2. The Balaban J connectivity index is 3.80. The maximum atomic E-state index is 10.4. The molecule has 0 rings (SSSR count). The fraction of sp³-hybridized carbons (Fsp3) is 0.800. The number of amides is 1. The number of nitro groups is 1. The minimum Gasteiger partial charge on any atom is -0.469 e. The maximum Gasteiger partial charge on any atom is 0.287 e. The average molecular weight is 161 g/mol. The lowest BCUT2D eigenvalue weighted by Gasteiger charge is -2.21. The smallest absolute Gasteiger partial charge is 0.287 e. The molecule has 6 heteroatoms. The summed E-state index contributed by atoms with van der Waals surface area (Å²) >= 11 is 0. The molecule has 0 bridgehead atoms. The molecule has 0 aliphatic carbocycles. The summed E-state index contributed by atoms with van der Waals surface area (Å²) in [6, 6.07) is 0. The third kappa shape index (κ3) is 6.56. The van der Waals surface area contributed by atoms with Crippen LogP contribution >= 0.6 is 0 Å². The Hall–Kier alpha value is -1.33. The number of carbonyl (C=O) groups excluding carboxylic acids is 1. The van der Waals surface area contributed by atoms with Gasteiger partial charge in [-0.3, -0.25) is 20.3 Å². The highest BCUT2D eigenvalue weighted by Gasteiger charge is 2.12. The second-order valence-corrected chi connectivity index (χ2v) is 2.82. The molecule has 0 atom stereocenters. The molecule has 0 heterocycles. The summed E-state index contributed by atoms with van der Waals surface area (Å²) in [5.41, 5.74) is 1.68. The molecule has 0 aliphatic rings. The van der Waals surface area contributed by atoms with Crippen molar-refractivity contribution in [3.63, 3.8) is 0 Å². The van der Waals surface area contributed by atoms with E-state index < -0.39 is 16.7 Å². The average Bonchev–Trinajstić information content (AvgIpc) is 1.53. The van der Waals surface area contributed by atoms with E-state index in [0.29, 0.717) is 0 Å². The largest absolute Gasteiger partial charge is 0.469 e. The first kappa shape index (κ1) is 9.67. The van der Waals surface area contributed by atoms with Crippen molar-refractivity contribution in [2.24, 2.45) is 0 Å². The van der Waals surface area contributed by atoms with Gasteiger partial charge in [0.1, 0.15) is 5.60 Å². The van der Waals surface area contributed by atoms with Crippen LogP contribution in [-0.4, -0.2) is 16.7 Å². The van der Waals surface area contributed by atoms with Crippen LogP contribution in [0, 0.1) is 10.1 Å². The molecule has 0 aromatic heterocycles. The standard InChI is InChI=1S/C5H10N2O4/c1-5(2,3)11-4(8)6-7(9)10/h1-3H3,(H,6,8)/p-1. The van der Waals surface area contributed by atoms with Crippen LogP contribution in [0.25, 0.3) is 5.43 Å². The van der Waals surface area contributed by atoms with Crippen molar-refractivity contribution in [1.82, 2.24) is 0 Å². The zero-order chi connectivity index (χ0) is 9.07. The number of carbonyl (C=O) groups is 1. The first-order valence-corrected chi connectivity index (χ1v) is 2.90. The summed E-state index contributed by atoms with van der Waals surface area (Å²) in [7, 11) is 0. The zero-order valence-corrected chi connectivity index (χ0v) is 6.53. The Morgan fingerprint density at radius 1 is 1.55 bits per heavy atom. The molecule has 6 nitrogen and oxygen atoms in total. The second-order valence-electron chi connectivity index (χ2n) is 2.82. The van der Waals surface area contributed by atoms with Crippen LogP contribution in [-0.2, 0) is 4.74 Å². The quantitative estimate of drug-likeness (QED) is 0.430. The van der Waals surface area contributed by atoms with Gasteiger partial charge in [0.2, 0.25) is 0 Å². The molecular weight excluding hydrogens is 152 g/mol. The summed E-state index contributed by atoms with van der Waals surface area (Å²) in [6.45, 7) is 4.79. The molecule has 64 valence electrons. The summed E-state index contributed by atoms with van der Waals surface area (Å²) in [4.78, 5) is 20.1. The Morgan fingerprint density at radius 3 is 2.27 bits per heavy atom. The minimum absolute atomic E-state index is 0.739. The van der Waals surface area contributed by atoms with Crippen LogP contribution in [0.15, 0.2) is 0 Å². The van der Waals surface area contributed by atoms with E-state index >= 15 is 0 Å². The van der Waals surface area contributed by atoms with E-state index in [1.54, 1.807) is 20.8 Å². The van der Waals surface area contributed by atoms with Crippen molar-refractivity contribution in [2.75, 3.05) is 0 Å². The van der Waals surface area contributed by atoms with Crippen LogP contribution in [0.5, 0.6) is 0 Å². The fourth-order valence-electron chi connectivity index (χ4n) is 0.349. The van der Waals surface area contributed by atoms with Crippen LogP contribution < -0.4 is 0 Å². The molecule has 0 aromatic rings. The number of hydrogen-bond donors (Lipinski definition) is 0. The van der Waals surface area contributed by atoms with Gasteiger partial charge in [-0.05, 0) is 25.8 Å². The summed E-state index contributed by atoms with van der Waals surface area (Å²) in [5, 5.41) is 8.54. The Labute approximate surface area is 63.6 Å². The molecule has 0 unspecified atom stereocenters. The Morgan fingerprint density at radius 2 is 2.00 bits per heavy atom. The molecule has 0 N–H and O–H groups in total. The van der Waals surface area contributed by atoms with Gasteiger partial charge in [0.25, 0.3) is 6.09 Å². The van der Waals surface area contributed by atoms with E-state index in [0.717, 1.165) is 0 Å². The number of ether oxygens (including phenoxy) is 1. The first-order chi connectivity index (χ1) is 4.81. The topological polar surface area (TPSA) is 83.5 Å². The lowest BCUT2D eigenvalue weighted by Crippen LogP contribution is -2.23. The van der Waals surface area contributed by atoms with Gasteiger partial charge in [-0.1, -0.05) is 0 Å². The highest BCUT2D eigenvalue weighted by atomic mass is 16.7. The molecule has 0 saturated carbocycles. The summed E-state index contributed by atoms with van der Waals surface area (Å²) in [6.07, 6.45) is -1.18. The molecule has 0 saturated heterocycles. The van der Waals surface area contributed by atoms with Gasteiger partial charge in [0.05, 0.1) is 0 Å². The van der Waals surface area contributed by atoms with Gasteiger partial charge >= 0.3 is 0 Å². The van der Waals surface area contributed by atoms with Crippen LogP contribution in [0.4, 0.5) is 4.79 Å². The zero-order valence-electron chi connectivity index (χ0n) is 6.53. The van der Waals surface area contributed by atoms with Crippen LogP contribution in [0.2, 0.25) is 0 Å². The molecule has 0 aliphatic heterocycles. The predicted molar refractivity (Wildman–Crippen MR) is 36.6 cm³/mol. The second kappa shape index (κ2) is 3.18. The van der Waals surface area contributed by atoms with Gasteiger partial charge in [0.15, 0.2) is 0 Å². The van der Waals surface area contributed by atoms with E-state index in [4.69, 9.17) is 0 Å². The van der Waals surface area contributed by atoms with Crippen LogP contribution in [0.3, 0.4) is 0 Å². The van der Waals surface area contributed by atoms with E-state index in [1.165, 1.54) is 0 Å². The van der Waals surface area contributed by atoms with E-state index in [-0.39, 0.29) is 0 Å². The van der Waals surface area contributed by atoms with Crippen LogP contribution in [0.1, 0.15) is 20.8 Å². The molecule has 0 spiro atoms. The predicted octanol–water partition coefficient (Wildman–Crippen LogP) is 1.49. The fourth-order valence-corrected chi connectivity index (χ4v) is 0.349. The molecule has 0 radical (unpaired) electrons. The third-order valence-electron chi connectivity index (χ3n) is 0.557.